The number of carbonyl (C=O) groups is 2. The van der Waals surface area contributed by atoms with Crippen LogP contribution in [0.5, 0.6) is 0 Å². The Morgan fingerprint density at radius 2 is 1.70 bits per heavy atom. The normalized spacial score (nSPS) is 10.7. The first-order chi connectivity index (χ1) is 13.1. The zero-order valence-electron chi connectivity index (χ0n) is 14.0. The molecule has 0 saturated carbocycles. The van der Waals surface area contributed by atoms with Gasteiger partial charge in [0.05, 0.1) is 11.3 Å². The number of aromatic nitrogens is 4. The fourth-order valence-electron chi connectivity index (χ4n) is 2.64. The van der Waals surface area contributed by atoms with Crippen molar-refractivity contribution in [1.29, 1.82) is 0 Å². The van der Waals surface area contributed by atoms with Crippen molar-refractivity contribution in [3.8, 4) is 11.1 Å². The minimum Gasteiger partial charge on any atom is -0.366 e. The second-order valence-electron chi connectivity index (χ2n) is 5.75. The second-order valence-corrected chi connectivity index (χ2v) is 5.75. The van der Waals surface area contributed by atoms with Gasteiger partial charge in [0.1, 0.15) is 0 Å². The molecule has 2 heterocycles. The molecular formula is C19H14N6O2. The van der Waals surface area contributed by atoms with E-state index in [1.54, 1.807) is 30.6 Å². The summed E-state index contributed by atoms with van der Waals surface area (Å²) < 4.78 is 1.44. The first kappa shape index (κ1) is 16.4. The Hall–Kier alpha value is -4.07. The van der Waals surface area contributed by atoms with Crippen LogP contribution < -0.4 is 11.1 Å². The molecule has 0 aliphatic carbocycles. The van der Waals surface area contributed by atoms with E-state index in [-0.39, 0.29) is 11.4 Å². The smallest absolute Gasteiger partial charge is 0.295 e. The van der Waals surface area contributed by atoms with Gasteiger partial charge in [-0.25, -0.2) is 9.50 Å². The zero-order valence-corrected chi connectivity index (χ0v) is 14.0. The molecule has 2 amide bonds. The Morgan fingerprint density at radius 1 is 0.963 bits per heavy atom. The summed E-state index contributed by atoms with van der Waals surface area (Å²) in [5.41, 5.74) is 7.65. The van der Waals surface area contributed by atoms with Gasteiger partial charge in [-0.05, 0) is 17.7 Å². The third-order valence-electron chi connectivity index (χ3n) is 3.94. The van der Waals surface area contributed by atoms with E-state index >= 15 is 0 Å². The number of hydrogen-bond acceptors (Lipinski definition) is 5. The third kappa shape index (κ3) is 3.23. The third-order valence-corrected chi connectivity index (χ3v) is 3.94. The lowest BCUT2D eigenvalue weighted by Gasteiger charge is -2.06. The van der Waals surface area contributed by atoms with Crippen molar-refractivity contribution in [2.75, 3.05) is 5.32 Å². The molecule has 0 atom stereocenters. The fraction of sp³-hybridized carbons (Fsp3) is 0. The minimum atomic E-state index is -0.636. The van der Waals surface area contributed by atoms with Crippen LogP contribution in [0.15, 0.2) is 67.0 Å². The minimum absolute atomic E-state index is 0.0630. The molecular weight excluding hydrogens is 344 g/mol. The van der Waals surface area contributed by atoms with E-state index in [2.05, 4.69) is 20.4 Å². The SMILES string of the molecule is NC(=O)c1ccccc1NC(=O)c1nc2ncc(-c3ccccc3)cn2n1. The summed E-state index contributed by atoms with van der Waals surface area (Å²) in [5, 5.41) is 6.79. The van der Waals surface area contributed by atoms with Crippen molar-refractivity contribution in [1.82, 2.24) is 19.6 Å². The van der Waals surface area contributed by atoms with E-state index in [1.807, 2.05) is 30.3 Å². The molecule has 0 radical (unpaired) electrons. The Labute approximate surface area is 153 Å². The van der Waals surface area contributed by atoms with E-state index in [4.69, 9.17) is 5.73 Å². The highest BCUT2D eigenvalue weighted by molar-refractivity contribution is 6.07. The van der Waals surface area contributed by atoms with Crippen LogP contribution in [0.3, 0.4) is 0 Å². The number of benzene rings is 2. The summed E-state index contributed by atoms with van der Waals surface area (Å²) in [5.74, 6) is -0.964. The van der Waals surface area contributed by atoms with Crippen LogP contribution in [0.2, 0.25) is 0 Å². The topological polar surface area (TPSA) is 115 Å². The lowest BCUT2D eigenvalue weighted by atomic mass is 10.1. The Morgan fingerprint density at radius 3 is 2.48 bits per heavy atom. The van der Waals surface area contributed by atoms with Crippen LogP contribution in [0.4, 0.5) is 5.69 Å². The monoisotopic (exact) mass is 358 g/mol. The van der Waals surface area contributed by atoms with Crippen LogP contribution >= 0.6 is 0 Å². The number of amides is 2. The molecule has 8 nitrogen and oxygen atoms in total. The van der Waals surface area contributed by atoms with Crippen LogP contribution in [0, 0.1) is 0 Å². The van der Waals surface area contributed by atoms with Crippen LogP contribution in [-0.2, 0) is 0 Å². The number of anilines is 1. The molecule has 4 rings (SSSR count). The predicted octanol–water partition coefficient (Wildman–Crippen LogP) is 2.14. The standard InChI is InChI=1S/C19H14N6O2/c20-16(26)14-8-4-5-9-15(14)22-18(27)17-23-19-21-10-13(11-25(19)24-17)12-6-2-1-3-7-12/h1-11H,(H2,20,26)(H,22,27). The number of fused-ring (bicyclic) bond motifs is 1. The molecule has 0 unspecified atom stereocenters. The first-order valence-corrected chi connectivity index (χ1v) is 8.10. The second kappa shape index (κ2) is 6.68. The first-order valence-electron chi connectivity index (χ1n) is 8.10. The Bertz CT molecular complexity index is 1150. The van der Waals surface area contributed by atoms with Crippen molar-refractivity contribution >= 4 is 23.3 Å². The molecule has 2 aromatic heterocycles. The maximum atomic E-state index is 12.5. The average Bonchev–Trinajstić information content (AvgIpc) is 3.12. The molecule has 0 fully saturated rings. The Balaban J connectivity index is 1.64. The van der Waals surface area contributed by atoms with Gasteiger partial charge in [-0.3, -0.25) is 9.59 Å². The summed E-state index contributed by atoms with van der Waals surface area (Å²) in [6, 6.07) is 16.1. The largest absolute Gasteiger partial charge is 0.366 e. The molecule has 2 aromatic carbocycles. The van der Waals surface area contributed by atoms with Crippen molar-refractivity contribution < 1.29 is 9.59 Å². The molecule has 0 aliphatic rings. The number of rotatable bonds is 4. The highest BCUT2D eigenvalue weighted by Crippen LogP contribution is 2.18. The zero-order chi connectivity index (χ0) is 18.8. The quantitative estimate of drug-likeness (QED) is 0.580. The van der Waals surface area contributed by atoms with Gasteiger partial charge >= 0.3 is 0 Å². The number of nitrogens with one attached hydrogen (secondary N) is 1. The maximum absolute atomic E-state index is 12.5. The van der Waals surface area contributed by atoms with Gasteiger partial charge in [-0.2, -0.15) is 4.98 Å². The summed E-state index contributed by atoms with van der Waals surface area (Å²) in [6.07, 6.45) is 3.42. The molecule has 0 spiro atoms. The molecule has 27 heavy (non-hydrogen) atoms. The van der Waals surface area contributed by atoms with Gasteiger partial charge in [0.15, 0.2) is 0 Å². The molecule has 0 aliphatic heterocycles. The van der Waals surface area contributed by atoms with Gasteiger partial charge in [0.25, 0.3) is 17.6 Å². The molecule has 3 N–H and O–H groups in total. The summed E-state index contributed by atoms with van der Waals surface area (Å²) in [6.45, 7) is 0. The van der Waals surface area contributed by atoms with Gasteiger partial charge in [0.2, 0.25) is 5.82 Å². The van der Waals surface area contributed by atoms with Gasteiger partial charge in [0, 0.05) is 18.0 Å². The number of para-hydroxylation sites is 1. The lowest BCUT2D eigenvalue weighted by Crippen LogP contribution is -2.19. The maximum Gasteiger partial charge on any atom is 0.295 e. The number of nitrogens with zero attached hydrogens (tertiary/aromatic N) is 4. The van der Waals surface area contributed by atoms with E-state index in [9.17, 15) is 9.59 Å². The predicted molar refractivity (Wildman–Crippen MR) is 99.1 cm³/mol. The summed E-state index contributed by atoms with van der Waals surface area (Å²) >= 11 is 0. The number of hydrogen-bond donors (Lipinski definition) is 2. The van der Waals surface area contributed by atoms with Gasteiger partial charge in [-0.1, -0.05) is 42.5 Å². The van der Waals surface area contributed by atoms with Crippen molar-refractivity contribution in [2.45, 2.75) is 0 Å². The highest BCUT2D eigenvalue weighted by Gasteiger charge is 2.17. The van der Waals surface area contributed by atoms with Crippen molar-refractivity contribution in [3.05, 3.63) is 78.4 Å². The lowest BCUT2D eigenvalue weighted by molar-refractivity contribution is 0.100. The molecule has 0 saturated heterocycles. The number of carbonyl (C=O) groups excluding carboxylic acids is 2. The highest BCUT2D eigenvalue weighted by atomic mass is 16.2. The molecule has 4 aromatic rings. The van der Waals surface area contributed by atoms with E-state index in [1.165, 1.54) is 10.6 Å². The number of nitrogens with two attached hydrogens (primary N) is 1. The Kier molecular flexibility index (Phi) is 4.06. The van der Waals surface area contributed by atoms with Gasteiger partial charge in [-0.15, -0.1) is 5.10 Å². The summed E-state index contributed by atoms with van der Waals surface area (Å²) in [4.78, 5) is 32.3. The van der Waals surface area contributed by atoms with E-state index < -0.39 is 11.8 Å². The fourth-order valence-corrected chi connectivity index (χ4v) is 2.64. The average molecular weight is 358 g/mol. The molecule has 0 bridgehead atoms. The van der Waals surface area contributed by atoms with Crippen LogP contribution in [0.1, 0.15) is 21.0 Å². The van der Waals surface area contributed by atoms with Crippen molar-refractivity contribution in [2.24, 2.45) is 5.73 Å². The summed E-state index contributed by atoms with van der Waals surface area (Å²) in [7, 11) is 0. The van der Waals surface area contributed by atoms with Crippen LogP contribution in [0.25, 0.3) is 16.9 Å². The van der Waals surface area contributed by atoms with E-state index in [0.717, 1.165) is 11.1 Å². The van der Waals surface area contributed by atoms with Gasteiger partial charge < -0.3 is 11.1 Å². The molecule has 132 valence electrons. The van der Waals surface area contributed by atoms with Crippen molar-refractivity contribution in [3.63, 3.8) is 0 Å². The van der Waals surface area contributed by atoms with Crippen LogP contribution in [-0.4, -0.2) is 31.4 Å². The number of primary amides is 1. The molecule has 8 heteroatoms. The van der Waals surface area contributed by atoms with E-state index in [0.29, 0.717) is 11.5 Å².